The van der Waals surface area contributed by atoms with Crippen LogP contribution in [0.25, 0.3) is 17.1 Å². The van der Waals surface area contributed by atoms with E-state index in [9.17, 15) is 4.79 Å². The fourth-order valence-electron chi connectivity index (χ4n) is 3.07. The summed E-state index contributed by atoms with van der Waals surface area (Å²) in [4.78, 5) is 17.4. The molecule has 0 aliphatic rings. The fourth-order valence-corrected chi connectivity index (χ4v) is 3.07. The summed E-state index contributed by atoms with van der Waals surface area (Å²) in [5.74, 6) is 1.73. The van der Waals surface area contributed by atoms with Gasteiger partial charge in [0.05, 0.1) is 19.4 Å². The van der Waals surface area contributed by atoms with Crippen LogP contribution >= 0.6 is 0 Å². The lowest BCUT2D eigenvalue weighted by molar-refractivity contribution is 0.101. The van der Waals surface area contributed by atoms with E-state index in [0.29, 0.717) is 18.1 Å². The van der Waals surface area contributed by atoms with Crippen molar-refractivity contribution in [2.45, 2.75) is 6.92 Å². The molecule has 1 amide bonds. The van der Waals surface area contributed by atoms with E-state index in [1.165, 1.54) is 0 Å². The third kappa shape index (κ3) is 4.56. The summed E-state index contributed by atoms with van der Waals surface area (Å²) in [6, 6.07) is 24.2. The van der Waals surface area contributed by atoms with Crippen LogP contribution in [0.15, 0.2) is 78.9 Å². The van der Waals surface area contributed by atoms with Crippen LogP contribution in [0, 0.1) is 0 Å². The molecule has 0 unspecified atom stereocenters. The normalized spacial score (nSPS) is 10.5. The Morgan fingerprint density at radius 2 is 1.61 bits per heavy atom. The van der Waals surface area contributed by atoms with Gasteiger partial charge in [-0.3, -0.25) is 4.79 Å². The number of carbonyl (C=O) groups excluding carboxylic acids is 1. The zero-order chi connectivity index (χ0) is 21.6. The fraction of sp³-hybridized carbons (Fsp3) is 0.125. The van der Waals surface area contributed by atoms with E-state index in [4.69, 9.17) is 9.47 Å². The van der Waals surface area contributed by atoms with Crippen molar-refractivity contribution in [3.63, 3.8) is 0 Å². The zero-order valence-corrected chi connectivity index (χ0v) is 17.3. The number of anilines is 1. The number of ether oxygens (including phenoxy) is 2. The van der Waals surface area contributed by atoms with Crippen LogP contribution in [0.4, 0.5) is 5.69 Å². The molecule has 0 spiro atoms. The van der Waals surface area contributed by atoms with Crippen molar-refractivity contribution in [3.05, 3.63) is 84.7 Å². The number of hydrogen-bond acceptors (Lipinski definition) is 5. The molecule has 0 saturated carbocycles. The quantitative estimate of drug-likeness (QED) is 0.478. The van der Waals surface area contributed by atoms with E-state index in [1.54, 1.807) is 36.1 Å². The zero-order valence-electron chi connectivity index (χ0n) is 17.3. The number of nitrogens with zero attached hydrogens (tertiary/aromatic N) is 3. The molecule has 0 bridgehead atoms. The largest absolute Gasteiger partial charge is 0.497 e. The van der Waals surface area contributed by atoms with E-state index < -0.39 is 5.91 Å². The van der Waals surface area contributed by atoms with Gasteiger partial charge in [0, 0.05) is 11.3 Å². The predicted molar refractivity (Wildman–Crippen MR) is 119 cm³/mol. The van der Waals surface area contributed by atoms with Crippen LogP contribution < -0.4 is 14.8 Å². The summed E-state index contributed by atoms with van der Waals surface area (Å²) in [7, 11) is 1.61. The van der Waals surface area contributed by atoms with Crippen molar-refractivity contribution in [2.24, 2.45) is 0 Å². The number of aromatic nitrogens is 3. The lowest BCUT2D eigenvalue weighted by Crippen LogP contribution is -2.14. The molecule has 7 nitrogen and oxygen atoms in total. The summed E-state index contributed by atoms with van der Waals surface area (Å²) in [5.41, 5.74) is 2.26. The van der Waals surface area contributed by atoms with Crippen LogP contribution in [0.5, 0.6) is 11.5 Å². The summed E-state index contributed by atoms with van der Waals surface area (Å²) in [6.07, 6.45) is 0. The highest BCUT2D eigenvalue weighted by molar-refractivity contribution is 6.01. The lowest BCUT2D eigenvalue weighted by Gasteiger charge is -2.07. The molecule has 0 aliphatic carbocycles. The highest BCUT2D eigenvalue weighted by atomic mass is 16.5. The van der Waals surface area contributed by atoms with Gasteiger partial charge in [0.1, 0.15) is 11.5 Å². The summed E-state index contributed by atoms with van der Waals surface area (Å²) >= 11 is 0. The van der Waals surface area contributed by atoms with Crippen LogP contribution in [0.3, 0.4) is 0 Å². The topological polar surface area (TPSA) is 78.3 Å². The Morgan fingerprint density at radius 1 is 0.935 bits per heavy atom. The Bertz CT molecular complexity index is 1150. The first kappa shape index (κ1) is 20.2. The number of hydrogen-bond donors (Lipinski definition) is 1. The molecule has 7 heteroatoms. The number of methoxy groups -OCH3 is 1. The maximum Gasteiger partial charge on any atom is 0.295 e. The van der Waals surface area contributed by atoms with Crippen LogP contribution in [0.2, 0.25) is 0 Å². The number of nitrogens with one attached hydrogen (secondary N) is 1. The van der Waals surface area contributed by atoms with E-state index >= 15 is 0 Å². The second-order valence-corrected chi connectivity index (χ2v) is 6.65. The second-order valence-electron chi connectivity index (χ2n) is 6.65. The van der Waals surface area contributed by atoms with Gasteiger partial charge in [-0.05, 0) is 55.5 Å². The molecule has 1 aromatic heterocycles. The van der Waals surface area contributed by atoms with Gasteiger partial charge < -0.3 is 14.8 Å². The average molecular weight is 414 g/mol. The molecule has 156 valence electrons. The minimum atomic E-state index is -0.395. The number of carbonyl (C=O) groups is 1. The van der Waals surface area contributed by atoms with Crippen LogP contribution in [0.1, 0.15) is 17.5 Å². The third-order valence-corrected chi connectivity index (χ3v) is 4.58. The van der Waals surface area contributed by atoms with Crippen molar-refractivity contribution >= 4 is 11.6 Å². The molecular formula is C24H22N4O3. The van der Waals surface area contributed by atoms with Gasteiger partial charge in [-0.25, -0.2) is 9.67 Å². The van der Waals surface area contributed by atoms with Gasteiger partial charge in [-0.15, -0.1) is 5.10 Å². The Labute approximate surface area is 180 Å². The summed E-state index contributed by atoms with van der Waals surface area (Å²) in [5, 5.41) is 7.32. The van der Waals surface area contributed by atoms with Crippen molar-refractivity contribution in [2.75, 3.05) is 19.0 Å². The first-order chi connectivity index (χ1) is 15.2. The van der Waals surface area contributed by atoms with E-state index in [0.717, 1.165) is 22.7 Å². The predicted octanol–water partition coefficient (Wildman–Crippen LogP) is 4.59. The molecule has 0 radical (unpaired) electrons. The molecule has 4 rings (SSSR count). The molecule has 4 aromatic rings. The second kappa shape index (κ2) is 9.13. The van der Waals surface area contributed by atoms with E-state index in [-0.39, 0.29) is 5.82 Å². The van der Waals surface area contributed by atoms with Crippen LogP contribution in [-0.2, 0) is 0 Å². The molecule has 1 heterocycles. The van der Waals surface area contributed by atoms with Crippen molar-refractivity contribution < 1.29 is 14.3 Å². The minimum Gasteiger partial charge on any atom is -0.497 e. The molecule has 3 aromatic carbocycles. The third-order valence-electron chi connectivity index (χ3n) is 4.58. The molecule has 31 heavy (non-hydrogen) atoms. The highest BCUT2D eigenvalue weighted by Crippen LogP contribution is 2.23. The van der Waals surface area contributed by atoms with E-state index in [2.05, 4.69) is 15.4 Å². The molecule has 1 N–H and O–H groups in total. The molecule has 0 aliphatic heterocycles. The maximum absolute atomic E-state index is 12.9. The number of amides is 1. The monoisotopic (exact) mass is 414 g/mol. The number of benzene rings is 3. The van der Waals surface area contributed by atoms with Gasteiger partial charge >= 0.3 is 0 Å². The van der Waals surface area contributed by atoms with Gasteiger partial charge in [0.2, 0.25) is 5.82 Å². The average Bonchev–Trinajstić information content (AvgIpc) is 3.27. The van der Waals surface area contributed by atoms with Crippen molar-refractivity contribution in [1.29, 1.82) is 0 Å². The molecule has 0 fully saturated rings. The molecule has 0 saturated heterocycles. The smallest absolute Gasteiger partial charge is 0.295 e. The van der Waals surface area contributed by atoms with Crippen molar-refractivity contribution in [3.8, 4) is 28.6 Å². The molecular weight excluding hydrogens is 392 g/mol. The summed E-state index contributed by atoms with van der Waals surface area (Å²) in [6.45, 7) is 2.51. The lowest BCUT2D eigenvalue weighted by atomic mass is 10.2. The first-order valence-corrected chi connectivity index (χ1v) is 9.89. The van der Waals surface area contributed by atoms with Gasteiger partial charge in [0.15, 0.2) is 5.82 Å². The number of rotatable bonds is 7. The van der Waals surface area contributed by atoms with Gasteiger partial charge in [-0.1, -0.05) is 30.3 Å². The van der Waals surface area contributed by atoms with Gasteiger partial charge in [0.25, 0.3) is 5.91 Å². The van der Waals surface area contributed by atoms with Crippen molar-refractivity contribution in [1.82, 2.24) is 14.8 Å². The first-order valence-electron chi connectivity index (χ1n) is 9.89. The Hall–Kier alpha value is -4.13. The Kier molecular flexibility index (Phi) is 5.93. The standard InChI is InChI=1S/C24H22N4O3/c1-3-31-21-13-9-18(10-14-21)25-24(29)22-26-23(17-7-5-4-6-8-17)28(27-22)19-11-15-20(30-2)16-12-19/h4-16H,3H2,1-2H3,(H,25,29). The maximum atomic E-state index is 12.9. The SMILES string of the molecule is CCOc1ccc(NC(=O)c2nc(-c3ccccc3)n(-c3ccc(OC)cc3)n2)cc1. The minimum absolute atomic E-state index is 0.0727. The van der Waals surface area contributed by atoms with Gasteiger partial charge in [-0.2, -0.15) is 0 Å². The Balaban J connectivity index is 1.66. The molecule has 0 atom stereocenters. The highest BCUT2D eigenvalue weighted by Gasteiger charge is 2.19. The van der Waals surface area contributed by atoms with E-state index in [1.807, 2.05) is 61.5 Å². The van der Waals surface area contributed by atoms with Crippen LogP contribution in [-0.4, -0.2) is 34.4 Å². The summed E-state index contributed by atoms with van der Waals surface area (Å²) < 4.78 is 12.3. The Morgan fingerprint density at radius 3 is 2.26 bits per heavy atom.